The fourth-order valence-electron chi connectivity index (χ4n) is 1.65. The van der Waals surface area contributed by atoms with Gasteiger partial charge in [0.25, 0.3) is 0 Å². The van der Waals surface area contributed by atoms with Gasteiger partial charge in [-0.25, -0.2) is 8.42 Å². The van der Waals surface area contributed by atoms with Gasteiger partial charge < -0.3 is 5.32 Å². The van der Waals surface area contributed by atoms with Crippen molar-refractivity contribution in [2.24, 2.45) is 0 Å². The first kappa shape index (κ1) is 15.5. The van der Waals surface area contributed by atoms with Gasteiger partial charge in [-0.3, -0.25) is 0 Å². The first-order valence-electron chi connectivity index (χ1n) is 6.14. The van der Waals surface area contributed by atoms with Gasteiger partial charge in [0, 0.05) is 16.8 Å². The second-order valence-electron chi connectivity index (χ2n) is 4.32. The fraction of sp³-hybridized carbons (Fsp3) is 0.538. The fourth-order valence-corrected chi connectivity index (χ4v) is 2.72. The van der Waals surface area contributed by atoms with E-state index in [-0.39, 0.29) is 17.5 Å². The SMILES string of the molecule is CCS(=O)(=O)CCCN[C@@H](C)c1cccc(Cl)c1. The Morgan fingerprint density at radius 2 is 2.11 bits per heavy atom. The van der Waals surface area contributed by atoms with E-state index in [0.717, 1.165) is 10.6 Å². The second kappa shape index (κ2) is 7.12. The van der Waals surface area contributed by atoms with Gasteiger partial charge in [-0.15, -0.1) is 0 Å². The van der Waals surface area contributed by atoms with Crippen LogP contribution < -0.4 is 5.32 Å². The van der Waals surface area contributed by atoms with E-state index in [1.807, 2.05) is 31.2 Å². The Bertz CT molecular complexity index is 474. The highest BCUT2D eigenvalue weighted by Gasteiger charge is 2.08. The van der Waals surface area contributed by atoms with Gasteiger partial charge in [0.05, 0.1) is 5.75 Å². The molecule has 0 fully saturated rings. The molecule has 18 heavy (non-hydrogen) atoms. The van der Waals surface area contributed by atoms with Crippen LogP contribution in [0.1, 0.15) is 31.9 Å². The molecular weight excluding hydrogens is 270 g/mol. The molecule has 1 N–H and O–H groups in total. The smallest absolute Gasteiger partial charge is 0.150 e. The topological polar surface area (TPSA) is 46.2 Å². The zero-order chi connectivity index (χ0) is 13.6. The lowest BCUT2D eigenvalue weighted by Gasteiger charge is -2.14. The number of hydrogen-bond donors (Lipinski definition) is 1. The molecule has 0 aromatic heterocycles. The van der Waals surface area contributed by atoms with Gasteiger partial charge in [0.2, 0.25) is 0 Å². The molecule has 1 aromatic carbocycles. The molecule has 0 spiro atoms. The van der Waals surface area contributed by atoms with E-state index in [4.69, 9.17) is 11.6 Å². The van der Waals surface area contributed by atoms with E-state index in [1.54, 1.807) is 6.92 Å². The van der Waals surface area contributed by atoms with Crippen LogP contribution in [0, 0.1) is 0 Å². The number of sulfone groups is 1. The van der Waals surface area contributed by atoms with Crippen LogP contribution in [-0.4, -0.2) is 26.5 Å². The highest BCUT2D eigenvalue weighted by atomic mass is 35.5. The number of hydrogen-bond acceptors (Lipinski definition) is 3. The van der Waals surface area contributed by atoms with Gasteiger partial charge in [-0.2, -0.15) is 0 Å². The maximum absolute atomic E-state index is 11.3. The second-order valence-corrected chi connectivity index (χ2v) is 7.23. The maximum Gasteiger partial charge on any atom is 0.150 e. The monoisotopic (exact) mass is 289 g/mol. The van der Waals surface area contributed by atoms with E-state index < -0.39 is 9.84 Å². The van der Waals surface area contributed by atoms with Crippen LogP contribution in [0.3, 0.4) is 0 Å². The summed E-state index contributed by atoms with van der Waals surface area (Å²) in [6.45, 7) is 4.41. The molecule has 0 amide bonds. The van der Waals surface area contributed by atoms with Crippen LogP contribution >= 0.6 is 11.6 Å². The van der Waals surface area contributed by atoms with Crippen molar-refractivity contribution in [3.8, 4) is 0 Å². The van der Waals surface area contributed by atoms with Crippen molar-refractivity contribution in [3.05, 3.63) is 34.9 Å². The maximum atomic E-state index is 11.3. The van der Waals surface area contributed by atoms with Crippen molar-refractivity contribution in [1.29, 1.82) is 0 Å². The predicted molar refractivity (Wildman–Crippen MR) is 76.8 cm³/mol. The molecule has 1 aromatic rings. The predicted octanol–water partition coefficient (Wildman–Crippen LogP) is 2.82. The average molecular weight is 290 g/mol. The highest BCUT2D eigenvalue weighted by Crippen LogP contribution is 2.17. The zero-order valence-corrected chi connectivity index (χ0v) is 12.4. The first-order chi connectivity index (χ1) is 8.44. The molecule has 1 atom stereocenters. The number of benzene rings is 1. The molecule has 5 heteroatoms. The van der Waals surface area contributed by atoms with Crippen LogP contribution in [-0.2, 0) is 9.84 Å². The summed E-state index contributed by atoms with van der Waals surface area (Å²) in [4.78, 5) is 0. The summed E-state index contributed by atoms with van der Waals surface area (Å²) in [5, 5.41) is 4.02. The molecule has 0 heterocycles. The standard InChI is InChI=1S/C13H20ClNO2S/c1-3-18(16,17)9-5-8-15-11(2)12-6-4-7-13(14)10-12/h4,6-7,10-11,15H,3,5,8-9H2,1-2H3/t11-/m0/s1. The van der Waals surface area contributed by atoms with Gasteiger partial charge >= 0.3 is 0 Å². The lowest BCUT2D eigenvalue weighted by Crippen LogP contribution is -2.22. The number of halogens is 1. The average Bonchev–Trinajstić information content (AvgIpc) is 2.34. The van der Waals surface area contributed by atoms with Crippen LogP contribution in [0.4, 0.5) is 0 Å². The van der Waals surface area contributed by atoms with Crippen molar-refractivity contribution in [2.75, 3.05) is 18.1 Å². The largest absolute Gasteiger partial charge is 0.310 e. The molecule has 0 aliphatic carbocycles. The Kier molecular flexibility index (Phi) is 6.12. The Balaban J connectivity index is 2.36. The molecule has 0 aliphatic heterocycles. The first-order valence-corrected chi connectivity index (χ1v) is 8.34. The Hall–Kier alpha value is -0.580. The molecule has 0 unspecified atom stereocenters. The third-order valence-corrected chi connectivity index (χ3v) is 4.90. The van der Waals surface area contributed by atoms with Gasteiger partial charge in [0.15, 0.2) is 0 Å². The van der Waals surface area contributed by atoms with E-state index in [1.165, 1.54) is 0 Å². The third kappa shape index (κ3) is 5.38. The Morgan fingerprint density at radius 3 is 2.72 bits per heavy atom. The summed E-state index contributed by atoms with van der Waals surface area (Å²) in [6, 6.07) is 7.85. The van der Waals surface area contributed by atoms with Crippen LogP contribution in [0.25, 0.3) is 0 Å². The van der Waals surface area contributed by atoms with E-state index in [2.05, 4.69) is 5.32 Å². The molecule has 1 rings (SSSR count). The number of rotatable bonds is 7. The highest BCUT2D eigenvalue weighted by molar-refractivity contribution is 7.91. The van der Waals surface area contributed by atoms with Gasteiger partial charge in [-0.05, 0) is 37.6 Å². The van der Waals surface area contributed by atoms with Crippen LogP contribution in [0.5, 0.6) is 0 Å². The minimum absolute atomic E-state index is 0.174. The quantitative estimate of drug-likeness (QED) is 0.785. The third-order valence-electron chi connectivity index (χ3n) is 2.87. The lowest BCUT2D eigenvalue weighted by atomic mass is 10.1. The molecule has 0 aliphatic rings. The van der Waals surface area contributed by atoms with Crippen molar-refractivity contribution in [2.45, 2.75) is 26.3 Å². The summed E-state index contributed by atoms with van der Waals surface area (Å²) in [5.41, 5.74) is 1.11. The lowest BCUT2D eigenvalue weighted by molar-refractivity contribution is 0.560. The summed E-state index contributed by atoms with van der Waals surface area (Å²) < 4.78 is 22.6. The van der Waals surface area contributed by atoms with Crippen LogP contribution in [0.15, 0.2) is 24.3 Å². The van der Waals surface area contributed by atoms with Crippen molar-refractivity contribution in [1.82, 2.24) is 5.32 Å². The molecule has 0 saturated carbocycles. The van der Waals surface area contributed by atoms with Gasteiger partial charge in [-0.1, -0.05) is 30.7 Å². The zero-order valence-electron chi connectivity index (χ0n) is 10.8. The van der Waals surface area contributed by atoms with Crippen molar-refractivity contribution in [3.63, 3.8) is 0 Å². The molecular formula is C13H20ClNO2S. The Labute approximate surface area is 114 Å². The van der Waals surface area contributed by atoms with E-state index in [0.29, 0.717) is 13.0 Å². The molecule has 3 nitrogen and oxygen atoms in total. The minimum Gasteiger partial charge on any atom is -0.310 e. The molecule has 0 bridgehead atoms. The minimum atomic E-state index is -2.85. The van der Waals surface area contributed by atoms with Crippen LogP contribution in [0.2, 0.25) is 5.02 Å². The van der Waals surface area contributed by atoms with Gasteiger partial charge in [0.1, 0.15) is 9.84 Å². The normalized spacial score (nSPS) is 13.5. The van der Waals surface area contributed by atoms with Crippen molar-refractivity contribution < 1.29 is 8.42 Å². The Morgan fingerprint density at radius 1 is 1.39 bits per heavy atom. The van der Waals surface area contributed by atoms with E-state index >= 15 is 0 Å². The molecule has 102 valence electrons. The number of nitrogens with one attached hydrogen (secondary N) is 1. The summed E-state index contributed by atoms with van der Waals surface area (Å²) in [6.07, 6.45) is 0.640. The summed E-state index contributed by atoms with van der Waals surface area (Å²) in [7, 11) is -2.85. The van der Waals surface area contributed by atoms with Crippen molar-refractivity contribution >= 4 is 21.4 Å². The summed E-state index contributed by atoms with van der Waals surface area (Å²) in [5.74, 6) is 0.468. The summed E-state index contributed by atoms with van der Waals surface area (Å²) >= 11 is 5.92. The molecule has 0 saturated heterocycles. The molecule has 0 radical (unpaired) electrons. The van der Waals surface area contributed by atoms with E-state index in [9.17, 15) is 8.42 Å².